The maximum absolute atomic E-state index is 12.6. The number of carbonyl (C=O) groups excluding carboxylic acids is 1. The Morgan fingerprint density at radius 3 is 2.41 bits per heavy atom. The standard InChI is InChI=1S/C21H27ClN2O4S/c1-14-6-7-16(3)20(12-14)28-11-10-23-21(25)17(4)24(29(5,26)27)18-9-8-15(2)19(22)13-18/h6-9,12-13,17H,10-11H2,1-5H3,(H,23,25)/t17-/m0/s1. The second-order valence-electron chi connectivity index (χ2n) is 7.08. The molecule has 0 spiro atoms. The Kier molecular flexibility index (Phi) is 7.54. The summed E-state index contributed by atoms with van der Waals surface area (Å²) in [5.41, 5.74) is 3.26. The van der Waals surface area contributed by atoms with Gasteiger partial charge in [-0.1, -0.05) is 29.8 Å². The molecule has 0 fully saturated rings. The summed E-state index contributed by atoms with van der Waals surface area (Å²) >= 11 is 6.14. The molecule has 1 atom stereocenters. The fraction of sp³-hybridized carbons (Fsp3) is 0.381. The van der Waals surface area contributed by atoms with E-state index in [0.29, 0.717) is 10.7 Å². The lowest BCUT2D eigenvalue weighted by molar-refractivity contribution is -0.121. The highest BCUT2D eigenvalue weighted by Gasteiger charge is 2.29. The molecule has 158 valence electrons. The van der Waals surface area contributed by atoms with Crippen molar-refractivity contribution in [2.24, 2.45) is 0 Å². The van der Waals surface area contributed by atoms with E-state index in [4.69, 9.17) is 16.3 Å². The smallest absolute Gasteiger partial charge is 0.243 e. The first kappa shape index (κ1) is 23.0. The number of amides is 1. The third-order valence-corrected chi connectivity index (χ3v) is 6.15. The van der Waals surface area contributed by atoms with Gasteiger partial charge < -0.3 is 10.1 Å². The molecule has 0 aliphatic rings. The van der Waals surface area contributed by atoms with Crippen LogP contribution in [0.1, 0.15) is 23.6 Å². The van der Waals surface area contributed by atoms with Crippen molar-refractivity contribution < 1.29 is 17.9 Å². The first-order valence-electron chi connectivity index (χ1n) is 9.24. The highest BCUT2D eigenvalue weighted by Crippen LogP contribution is 2.26. The minimum Gasteiger partial charge on any atom is -0.491 e. The van der Waals surface area contributed by atoms with Crippen LogP contribution in [0.15, 0.2) is 36.4 Å². The number of hydrogen-bond acceptors (Lipinski definition) is 4. The van der Waals surface area contributed by atoms with Gasteiger partial charge in [0.25, 0.3) is 0 Å². The average Bonchev–Trinajstić information content (AvgIpc) is 2.63. The lowest BCUT2D eigenvalue weighted by atomic mass is 10.1. The van der Waals surface area contributed by atoms with Crippen LogP contribution in [0.4, 0.5) is 5.69 Å². The molecular weight excluding hydrogens is 412 g/mol. The second-order valence-corrected chi connectivity index (χ2v) is 9.34. The average molecular weight is 439 g/mol. The fourth-order valence-corrected chi connectivity index (χ4v) is 4.21. The summed E-state index contributed by atoms with van der Waals surface area (Å²) in [7, 11) is -3.69. The molecule has 0 aromatic heterocycles. The van der Waals surface area contributed by atoms with E-state index in [1.54, 1.807) is 18.2 Å². The Hall–Kier alpha value is -2.25. The third-order valence-electron chi connectivity index (χ3n) is 4.50. The van der Waals surface area contributed by atoms with E-state index in [2.05, 4.69) is 5.32 Å². The number of nitrogens with zero attached hydrogens (tertiary/aromatic N) is 1. The second kappa shape index (κ2) is 9.50. The monoisotopic (exact) mass is 438 g/mol. The normalized spacial score (nSPS) is 12.3. The summed E-state index contributed by atoms with van der Waals surface area (Å²) in [5, 5.41) is 3.17. The molecule has 6 nitrogen and oxygen atoms in total. The maximum atomic E-state index is 12.6. The third kappa shape index (κ3) is 6.11. The zero-order valence-electron chi connectivity index (χ0n) is 17.3. The van der Waals surface area contributed by atoms with Crippen molar-refractivity contribution in [2.75, 3.05) is 23.7 Å². The van der Waals surface area contributed by atoms with Crippen LogP contribution in [-0.2, 0) is 14.8 Å². The number of rotatable bonds is 8. The fourth-order valence-electron chi connectivity index (χ4n) is 2.87. The van der Waals surface area contributed by atoms with Gasteiger partial charge in [0, 0.05) is 5.02 Å². The number of sulfonamides is 1. The van der Waals surface area contributed by atoms with E-state index in [-0.39, 0.29) is 13.2 Å². The zero-order valence-corrected chi connectivity index (χ0v) is 18.9. The van der Waals surface area contributed by atoms with Crippen LogP contribution in [-0.4, -0.2) is 39.8 Å². The van der Waals surface area contributed by atoms with Crippen LogP contribution in [0, 0.1) is 20.8 Å². The Morgan fingerprint density at radius 1 is 1.14 bits per heavy atom. The number of hydrogen-bond donors (Lipinski definition) is 1. The molecule has 29 heavy (non-hydrogen) atoms. The zero-order chi connectivity index (χ0) is 21.8. The number of nitrogens with one attached hydrogen (secondary N) is 1. The van der Waals surface area contributed by atoms with E-state index in [0.717, 1.165) is 33.0 Å². The van der Waals surface area contributed by atoms with Crippen LogP contribution >= 0.6 is 11.6 Å². The van der Waals surface area contributed by atoms with Gasteiger partial charge in [0.1, 0.15) is 18.4 Å². The van der Waals surface area contributed by atoms with Gasteiger partial charge in [0.15, 0.2) is 0 Å². The summed E-state index contributed by atoms with van der Waals surface area (Å²) < 4.78 is 31.5. The number of benzene rings is 2. The first-order chi connectivity index (χ1) is 13.5. The molecule has 0 heterocycles. The maximum Gasteiger partial charge on any atom is 0.243 e. The molecule has 2 rings (SSSR count). The number of halogens is 1. The highest BCUT2D eigenvalue weighted by molar-refractivity contribution is 7.92. The number of carbonyl (C=O) groups is 1. The quantitative estimate of drug-likeness (QED) is 0.639. The summed E-state index contributed by atoms with van der Waals surface area (Å²) in [6.07, 6.45) is 1.06. The van der Waals surface area contributed by atoms with Gasteiger partial charge >= 0.3 is 0 Å². The Labute approximate surface area is 177 Å². The molecule has 2 aromatic rings. The predicted molar refractivity (Wildman–Crippen MR) is 117 cm³/mol. The van der Waals surface area contributed by atoms with Crippen molar-refractivity contribution in [1.29, 1.82) is 0 Å². The highest BCUT2D eigenvalue weighted by atomic mass is 35.5. The number of ether oxygens (including phenoxy) is 1. The first-order valence-corrected chi connectivity index (χ1v) is 11.5. The summed E-state index contributed by atoms with van der Waals surface area (Å²) in [5.74, 6) is 0.344. The Bertz CT molecular complexity index is 992. The van der Waals surface area contributed by atoms with E-state index in [1.807, 2.05) is 39.0 Å². The van der Waals surface area contributed by atoms with Crippen molar-refractivity contribution in [2.45, 2.75) is 33.7 Å². The van der Waals surface area contributed by atoms with Gasteiger partial charge in [-0.15, -0.1) is 0 Å². The van der Waals surface area contributed by atoms with Crippen LogP contribution in [0.2, 0.25) is 5.02 Å². The van der Waals surface area contributed by atoms with E-state index in [1.165, 1.54) is 6.92 Å². The molecule has 0 unspecified atom stereocenters. The molecule has 0 bridgehead atoms. The minimum atomic E-state index is -3.69. The van der Waals surface area contributed by atoms with Gasteiger partial charge in [-0.3, -0.25) is 9.10 Å². The van der Waals surface area contributed by atoms with Gasteiger partial charge in [-0.2, -0.15) is 0 Å². The van der Waals surface area contributed by atoms with Crippen LogP contribution in [0.3, 0.4) is 0 Å². The minimum absolute atomic E-state index is 0.253. The van der Waals surface area contributed by atoms with Gasteiger partial charge in [0.2, 0.25) is 15.9 Å². The topological polar surface area (TPSA) is 75.7 Å². The molecule has 0 saturated carbocycles. The van der Waals surface area contributed by atoms with Gasteiger partial charge in [0.05, 0.1) is 18.5 Å². The van der Waals surface area contributed by atoms with Gasteiger partial charge in [-0.25, -0.2) is 8.42 Å². The van der Waals surface area contributed by atoms with Crippen LogP contribution in [0.25, 0.3) is 0 Å². The summed E-state index contributed by atoms with van der Waals surface area (Å²) in [6.45, 7) is 7.82. The van der Waals surface area contributed by atoms with E-state index in [9.17, 15) is 13.2 Å². The van der Waals surface area contributed by atoms with Crippen molar-refractivity contribution in [1.82, 2.24) is 5.32 Å². The van der Waals surface area contributed by atoms with E-state index < -0.39 is 22.0 Å². The molecule has 1 N–H and O–H groups in total. The van der Waals surface area contributed by atoms with Gasteiger partial charge in [-0.05, 0) is 62.6 Å². The molecule has 0 aliphatic carbocycles. The molecule has 0 aliphatic heterocycles. The van der Waals surface area contributed by atoms with Crippen LogP contribution < -0.4 is 14.4 Å². The molecule has 0 radical (unpaired) electrons. The Balaban J connectivity index is 2.03. The summed E-state index contributed by atoms with van der Waals surface area (Å²) in [4.78, 5) is 12.6. The Morgan fingerprint density at radius 2 is 1.79 bits per heavy atom. The predicted octanol–water partition coefficient (Wildman–Crippen LogP) is 3.61. The molecule has 1 amide bonds. The van der Waals surface area contributed by atoms with Crippen LogP contribution in [0.5, 0.6) is 5.75 Å². The molecule has 8 heteroatoms. The lowest BCUT2D eigenvalue weighted by Crippen LogP contribution is -2.48. The molecular formula is C21H27ClN2O4S. The SMILES string of the molecule is Cc1ccc(C)c(OCCNC(=O)[C@H](C)N(c2ccc(C)c(Cl)c2)S(C)(=O)=O)c1. The largest absolute Gasteiger partial charge is 0.491 e. The van der Waals surface area contributed by atoms with Crippen molar-refractivity contribution in [3.8, 4) is 5.75 Å². The summed E-state index contributed by atoms with van der Waals surface area (Å²) in [6, 6.07) is 9.88. The molecule has 0 saturated heterocycles. The lowest BCUT2D eigenvalue weighted by Gasteiger charge is -2.28. The molecule has 2 aromatic carbocycles. The van der Waals surface area contributed by atoms with E-state index >= 15 is 0 Å². The van der Waals surface area contributed by atoms with Crippen molar-refractivity contribution in [3.05, 3.63) is 58.1 Å². The number of anilines is 1. The number of aryl methyl sites for hydroxylation is 3. The van der Waals surface area contributed by atoms with Crippen molar-refractivity contribution in [3.63, 3.8) is 0 Å². The van der Waals surface area contributed by atoms with Crippen molar-refractivity contribution >= 4 is 33.2 Å².